The van der Waals surface area contributed by atoms with Gasteiger partial charge < -0.3 is 10.2 Å². The first-order chi connectivity index (χ1) is 11.4. The lowest BCUT2D eigenvalue weighted by atomic mass is 10.0. The predicted octanol–water partition coefficient (Wildman–Crippen LogP) is 2.90. The summed E-state index contributed by atoms with van der Waals surface area (Å²) >= 11 is 0.881. The molecule has 2 aromatic rings. The maximum Gasteiger partial charge on any atom is 0.417 e. The Kier molecular flexibility index (Phi) is 4.53. The van der Waals surface area contributed by atoms with Gasteiger partial charge in [0.15, 0.2) is 0 Å². The molecule has 1 aliphatic rings. The van der Waals surface area contributed by atoms with Crippen LogP contribution >= 0.6 is 11.3 Å². The van der Waals surface area contributed by atoms with Gasteiger partial charge in [-0.2, -0.15) is 29.6 Å². The zero-order valence-electron chi connectivity index (χ0n) is 13.0. The van der Waals surface area contributed by atoms with Crippen LogP contribution < -0.4 is 10.2 Å². The Morgan fingerprint density at radius 3 is 2.88 bits per heavy atom. The molecule has 0 radical (unpaired) electrons. The topological polar surface area (TPSA) is 50.2 Å². The SMILES string of the molecule is Cn1nccc1N1CCCC(NC(=O)c2cscc2C(F)(F)F)C1. The van der Waals surface area contributed by atoms with Crippen LogP contribution in [0.25, 0.3) is 0 Å². The fourth-order valence-corrected chi connectivity index (χ4v) is 3.77. The maximum atomic E-state index is 12.9. The lowest BCUT2D eigenvalue weighted by Gasteiger charge is -2.34. The number of rotatable bonds is 3. The molecule has 5 nitrogen and oxygen atoms in total. The normalized spacial score (nSPS) is 18.7. The van der Waals surface area contributed by atoms with Crippen LogP contribution in [0.1, 0.15) is 28.8 Å². The highest BCUT2D eigenvalue weighted by atomic mass is 32.1. The molecular formula is C15H17F3N4OS. The van der Waals surface area contributed by atoms with Crippen molar-refractivity contribution in [2.75, 3.05) is 18.0 Å². The number of nitrogens with zero attached hydrogens (tertiary/aromatic N) is 3. The first kappa shape index (κ1) is 16.8. The number of thiophene rings is 1. The third-order valence-corrected chi connectivity index (χ3v) is 4.83. The number of hydrogen-bond acceptors (Lipinski definition) is 4. The van der Waals surface area contributed by atoms with Gasteiger partial charge in [-0.3, -0.25) is 9.48 Å². The molecule has 1 amide bonds. The van der Waals surface area contributed by atoms with E-state index in [2.05, 4.69) is 15.3 Å². The van der Waals surface area contributed by atoms with E-state index in [0.29, 0.717) is 6.54 Å². The van der Waals surface area contributed by atoms with Gasteiger partial charge in [-0.1, -0.05) is 0 Å². The Balaban J connectivity index is 1.69. The van der Waals surface area contributed by atoms with Crippen molar-refractivity contribution < 1.29 is 18.0 Å². The Hall–Kier alpha value is -2.03. The molecule has 1 atom stereocenters. The smallest absolute Gasteiger partial charge is 0.355 e. The standard InChI is InChI=1S/C15H17F3N4OS/c1-21-13(4-5-19-21)22-6-2-3-10(7-22)20-14(23)11-8-24-9-12(11)15(16,17)18/h4-5,8-10H,2-3,6-7H2,1H3,(H,20,23). The second-order valence-electron chi connectivity index (χ2n) is 5.77. The van der Waals surface area contributed by atoms with Crippen LogP contribution in [0.4, 0.5) is 19.0 Å². The number of aromatic nitrogens is 2. The van der Waals surface area contributed by atoms with Crippen LogP contribution in [0.2, 0.25) is 0 Å². The van der Waals surface area contributed by atoms with Gasteiger partial charge in [-0.15, -0.1) is 0 Å². The van der Waals surface area contributed by atoms with E-state index in [1.165, 1.54) is 5.38 Å². The average molecular weight is 358 g/mol. The molecule has 1 N–H and O–H groups in total. The Bertz CT molecular complexity index is 724. The fraction of sp³-hybridized carbons (Fsp3) is 0.467. The molecule has 1 saturated heterocycles. The lowest BCUT2D eigenvalue weighted by molar-refractivity contribution is -0.137. The highest BCUT2D eigenvalue weighted by molar-refractivity contribution is 7.08. The van der Waals surface area contributed by atoms with Crippen LogP contribution in [-0.2, 0) is 13.2 Å². The van der Waals surface area contributed by atoms with Crippen molar-refractivity contribution in [1.82, 2.24) is 15.1 Å². The Labute approximate surface area is 141 Å². The number of hydrogen-bond donors (Lipinski definition) is 1. The summed E-state index contributed by atoms with van der Waals surface area (Å²) in [5.74, 6) is 0.265. The summed E-state index contributed by atoms with van der Waals surface area (Å²) in [7, 11) is 1.83. The molecule has 3 heterocycles. The number of carbonyl (C=O) groups is 1. The Morgan fingerprint density at radius 1 is 1.42 bits per heavy atom. The van der Waals surface area contributed by atoms with E-state index in [-0.39, 0.29) is 11.6 Å². The minimum Gasteiger partial charge on any atom is -0.355 e. The molecule has 1 fully saturated rings. The molecule has 24 heavy (non-hydrogen) atoms. The molecule has 1 unspecified atom stereocenters. The first-order valence-corrected chi connectivity index (χ1v) is 8.47. The quantitative estimate of drug-likeness (QED) is 0.918. The van der Waals surface area contributed by atoms with Crippen LogP contribution in [0.15, 0.2) is 23.0 Å². The van der Waals surface area contributed by atoms with E-state index in [9.17, 15) is 18.0 Å². The van der Waals surface area contributed by atoms with E-state index in [1.807, 2.05) is 13.1 Å². The predicted molar refractivity (Wildman–Crippen MR) is 85.2 cm³/mol. The summed E-state index contributed by atoms with van der Waals surface area (Å²) in [6.07, 6.45) is -1.23. The van der Waals surface area contributed by atoms with Crippen molar-refractivity contribution in [3.05, 3.63) is 34.2 Å². The Morgan fingerprint density at radius 2 is 2.21 bits per heavy atom. The van der Waals surface area contributed by atoms with Gasteiger partial charge in [0.1, 0.15) is 5.82 Å². The maximum absolute atomic E-state index is 12.9. The van der Waals surface area contributed by atoms with Crippen molar-refractivity contribution in [2.45, 2.75) is 25.1 Å². The second-order valence-corrected chi connectivity index (χ2v) is 6.51. The molecule has 9 heteroatoms. The first-order valence-electron chi connectivity index (χ1n) is 7.53. The largest absolute Gasteiger partial charge is 0.417 e. The van der Waals surface area contributed by atoms with Gasteiger partial charge in [-0.05, 0) is 12.8 Å². The zero-order valence-corrected chi connectivity index (χ0v) is 13.8. The number of piperidine rings is 1. The highest BCUT2D eigenvalue weighted by Gasteiger charge is 2.36. The van der Waals surface area contributed by atoms with Crippen molar-refractivity contribution in [2.24, 2.45) is 7.05 Å². The molecule has 130 valence electrons. The number of anilines is 1. The van der Waals surface area contributed by atoms with E-state index < -0.39 is 17.6 Å². The monoisotopic (exact) mass is 358 g/mol. The summed E-state index contributed by atoms with van der Waals surface area (Å²) < 4.78 is 40.5. The number of aryl methyl sites for hydroxylation is 1. The number of carbonyl (C=O) groups excluding carboxylic acids is 1. The van der Waals surface area contributed by atoms with Crippen LogP contribution in [0.3, 0.4) is 0 Å². The van der Waals surface area contributed by atoms with E-state index >= 15 is 0 Å². The highest BCUT2D eigenvalue weighted by Crippen LogP contribution is 2.34. The van der Waals surface area contributed by atoms with Gasteiger partial charge in [-0.25, -0.2) is 0 Å². The average Bonchev–Trinajstić information content (AvgIpc) is 3.15. The fourth-order valence-electron chi connectivity index (χ4n) is 2.94. The third kappa shape index (κ3) is 3.40. The van der Waals surface area contributed by atoms with E-state index in [1.54, 1.807) is 10.9 Å². The summed E-state index contributed by atoms with van der Waals surface area (Å²) in [6.45, 7) is 1.38. The van der Waals surface area contributed by atoms with Gasteiger partial charge in [0.05, 0.1) is 17.3 Å². The van der Waals surface area contributed by atoms with Crippen molar-refractivity contribution in [3.63, 3.8) is 0 Å². The van der Waals surface area contributed by atoms with Crippen LogP contribution in [0, 0.1) is 0 Å². The van der Waals surface area contributed by atoms with E-state index in [0.717, 1.165) is 41.9 Å². The molecular weight excluding hydrogens is 341 g/mol. The molecule has 1 aliphatic heterocycles. The number of alkyl halides is 3. The zero-order chi connectivity index (χ0) is 17.3. The minimum atomic E-state index is -4.51. The van der Waals surface area contributed by atoms with Crippen LogP contribution in [0.5, 0.6) is 0 Å². The molecule has 3 rings (SSSR count). The van der Waals surface area contributed by atoms with Gasteiger partial charge in [0.25, 0.3) is 5.91 Å². The third-order valence-electron chi connectivity index (χ3n) is 4.09. The molecule has 0 saturated carbocycles. The minimum absolute atomic E-state index is 0.192. The van der Waals surface area contributed by atoms with Gasteiger partial charge >= 0.3 is 6.18 Å². The number of halogens is 3. The second kappa shape index (κ2) is 6.46. The molecule has 0 bridgehead atoms. The summed E-state index contributed by atoms with van der Waals surface area (Å²) in [4.78, 5) is 14.3. The molecule has 0 aromatic carbocycles. The van der Waals surface area contributed by atoms with Crippen molar-refractivity contribution in [1.29, 1.82) is 0 Å². The molecule has 0 spiro atoms. The molecule has 0 aliphatic carbocycles. The molecule has 2 aromatic heterocycles. The van der Waals surface area contributed by atoms with Gasteiger partial charge in [0.2, 0.25) is 0 Å². The number of nitrogens with one attached hydrogen (secondary N) is 1. The van der Waals surface area contributed by atoms with Crippen molar-refractivity contribution >= 4 is 23.1 Å². The van der Waals surface area contributed by atoms with Gasteiger partial charge in [0, 0.05) is 43.0 Å². The number of amides is 1. The van der Waals surface area contributed by atoms with E-state index in [4.69, 9.17) is 0 Å². The summed E-state index contributed by atoms with van der Waals surface area (Å²) in [5.41, 5.74) is -1.17. The van der Waals surface area contributed by atoms with Crippen molar-refractivity contribution in [3.8, 4) is 0 Å². The summed E-state index contributed by atoms with van der Waals surface area (Å²) in [5, 5.41) is 9.08. The lowest BCUT2D eigenvalue weighted by Crippen LogP contribution is -2.48. The van der Waals surface area contributed by atoms with Crippen LogP contribution in [-0.4, -0.2) is 34.8 Å². The summed E-state index contributed by atoms with van der Waals surface area (Å²) in [6, 6.07) is 1.69.